The van der Waals surface area contributed by atoms with Crippen LogP contribution in [-0.2, 0) is 15.1 Å². The summed E-state index contributed by atoms with van der Waals surface area (Å²) in [7, 11) is 0.539. The smallest absolute Gasteiger partial charge is 0.264 e. The number of nitrogens with zero attached hydrogens (tertiary/aromatic N) is 1. The monoisotopic (exact) mass is 484 g/mol. The molecule has 0 saturated carbocycles. The summed E-state index contributed by atoms with van der Waals surface area (Å²) < 4.78 is 11.6. The number of fused-ring (bicyclic) bond motifs is 2. The van der Waals surface area contributed by atoms with Gasteiger partial charge in [0.2, 0.25) is 0 Å². The summed E-state index contributed by atoms with van der Waals surface area (Å²) in [4.78, 5) is 39.1. The van der Waals surface area contributed by atoms with Crippen LogP contribution in [0.2, 0.25) is 18.6 Å². The van der Waals surface area contributed by atoms with E-state index in [9.17, 15) is 19.5 Å². The molecule has 3 N–H and O–H groups in total. The van der Waals surface area contributed by atoms with Crippen molar-refractivity contribution in [1.82, 2.24) is 0 Å². The largest absolute Gasteiger partial charge is 0.497 e. The number of hydrogen-bond donors (Lipinski definition) is 3. The Morgan fingerprint density at radius 1 is 1.24 bits per heavy atom. The molecule has 2 aliphatic rings. The number of carbonyl (C=O) groups is 2. The van der Waals surface area contributed by atoms with E-state index in [-0.39, 0.29) is 29.9 Å². The van der Waals surface area contributed by atoms with Crippen molar-refractivity contribution in [1.29, 1.82) is 0 Å². The van der Waals surface area contributed by atoms with Gasteiger partial charge in [-0.1, -0.05) is 6.92 Å². The first kappa shape index (κ1) is 24.4. The molecule has 2 heterocycles. The van der Waals surface area contributed by atoms with Crippen LogP contribution in [0.25, 0.3) is 0 Å². The number of anilines is 2. The minimum absolute atomic E-state index is 0.0940. The molecule has 1 saturated heterocycles. The Morgan fingerprint density at radius 3 is 2.50 bits per heavy atom. The quantitative estimate of drug-likeness (QED) is 0.544. The van der Waals surface area contributed by atoms with Crippen LogP contribution in [0.4, 0.5) is 11.4 Å². The molecular formula is C25H32N2O6Si. The van der Waals surface area contributed by atoms with Crippen LogP contribution in [-0.4, -0.2) is 56.9 Å². The molecule has 1 fully saturated rings. The molecule has 0 unspecified atom stereocenters. The van der Waals surface area contributed by atoms with Crippen LogP contribution >= 0.6 is 0 Å². The topological polar surface area (TPSA) is 108 Å². The van der Waals surface area contributed by atoms with Crippen LogP contribution < -0.4 is 15.0 Å². The molecule has 0 aromatic heterocycles. The van der Waals surface area contributed by atoms with E-state index in [4.69, 9.17) is 9.47 Å². The minimum Gasteiger partial charge on any atom is -0.497 e. The molecule has 2 aromatic carbocycles. The number of nitrogens with one attached hydrogen (secondary N) is 1. The molecule has 8 nitrogen and oxygen atoms in total. The second-order valence-corrected chi connectivity index (χ2v) is 13.6. The Morgan fingerprint density at radius 2 is 1.91 bits per heavy atom. The fourth-order valence-electron chi connectivity index (χ4n) is 5.60. The van der Waals surface area contributed by atoms with Gasteiger partial charge < -0.3 is 29.6 Å². The summed E-state index contributed by atoms with van der Waals surface area (Å²) in [6, 6.07) is 12.2. The highest BCUT2D eigenvalue weighted by Gasteiger charge is 2.65. The molecule has 0 bridgehead atoms. The number of aliphatic hydroxyl groups excluding tert-OH is 1. The number of benzene rings is 2. The molecule has 4 atom stereocenters. The molecule has 2 amide bonds. The number of amides is 2. The van der Waals surface area contributed by atoms with E-state index in [0.717, 1.165) is 0 Å². The van der Waals surface area contributed by atoms with Gasteiger partial charge in [-0.25, -0.2) is 0 Å². The highest BCUT2D eigenvalue weighted by atomic mass is 28.4. The van der Waals surface area contributed by atoms with Gasteiger partial charge in [0.1, 0.15) is 5.75 Å². The van der Waals surface area contributed by atoms with Gasteiger partial charge in [-0.3, -0.25) is 9.59 Å². The lowest BCUT2D eigenvalue weighted by molar-refractivity contribution is -0.145. The zero-order valence-electron chi connectivity index (χ0n) is 20.2. The van der Waals surface area contributed by atoms with Crippen molar-refractivity contribution in [3.05, 3.63) is 53.6 Å². The molecule has 34 heavy (non-hydrogen) atoms. The Bertz CT molecular complexity index is 1100. The fourth-order valence-corrected chi connectivity index (χ4v) is 8.21. The highest BCUT2D eigenvalue weighted by Crippen LogP contribution is 2.59. The summed E-state index contributed by atoms with van der Waals surface area (Å²) in [6.07, 6.45) is -0.0962. The molecule has 0 aliphatic carbocycles. The van der Waals surface area contributed by atoms with Crippen molar-refractivity contribution in [3.63, 3.8) is 0 Å². The second kappa shape index (κ2) is 8.81. The van der Waals surface area contributed by atoms with Gasteiger partial charge >= 0.3 is 0 Å². The van der Waals surface area contributed by atoms with Gasteiger partial charge in [0, 0.05) is 41.9 Å². The van der Waals surface area contributed by atoms with Crippen LogP contribution in [0.1, 0.15) is 29.3 Å². The number of carbonyl (C=O) groups excluding carboxylic acids is 2. The number of hydrogen-bond acceptors (Lipinski definition) is 6. The van der Waals surface area contributed by atoms with Gasteiger partial charge in [-0.2, -0.15) is 0 Å². The van der Waals surface area contributed by atoms with Gasteiger partial charge in [0.05, 0.1) is 18.9 Å². The third kappa shape index (κ3) is 3.82. The maximum Gasteiger partial charge on any atom is 0.264 e. The Kier molecular flexibility index (Phi) is 6.32. The summed E-state index contributed by atoms with van der Waals surface area (Å²) in [6.45, 7) is 5.53. The molecule has 9 heteroatoms. The minimum atomic E-state index is -2.73. The van der Waals surface area contributed by atoms with E-state index in [1.165, 1.54) is 0 Å². The Labute approximate surface area is 200 Å². The van der Waals surface area contributed by atoms with E-state index in [0.29, 0.717) is 34.7 Å². The van der Waals surface area contributed by atoms with Gasteiger partial charge in [0.25, 0.3) is 11.8 Å². The molecular weight excluding hydrogens is 452 g/mol. The van der Waals surface area contributed by atoms with Crippen molar-refractivity contribution in [2.24, 2.45) is 5.92 Å². The lowest BCUT2D eigenvalue weighted by Gasteiger charge is -2.32. The number of rotatable bonds is 6. The van der Waals surface area contributed by atoms with Crippen molar-refractivity contribution >= 4 is 31.5 Å². The van der Waals surface area contributed by atoms with Crippen molar-refractivity contribution < 1.29 is 29.0 Å². The second-order valence-electron chi connectivity index (χ2n) is 9.65. The molecule has 1 spiro atoms. The number of ether oxygens (including phenoxy) is 2. The van der Waals surface area contributed by atoms with Gasteiger partial charge in [-0.15, -0.1) is 0 Å². The molecule has 182 valence electrons. The maximum atomic E-state index is 13.6. The summed E-state index contributed by atoms with van der Waals surface area (Å²) >= 11 is 0. The van der Waals surface area contributed by atoms with Crippen molar-refractivity contribution in [2.45, 2.75) is 43.7 Å². The zero-order chi connectivity index (χ0) is 24.8. The first-order valence-electron chi connectivity index (χ1n) is 11.4. The van der Waals surface area contributed by atoms with Gasteiger partial charge in [0.15, 0.2) is 13.9 Å². The summed E-state index contributed by atoms with van der Waals surface area (Å²) in [5.74, 6) is -0.126. The third-order valence-corrected chi connectivity index (χ3v) is 9.64. The van der Waals surface area contributed by atoms with Crippen LogP contribution in [0.3, 0.4) is 0 Å². The van der Waals surface area contributed by atoms with E-state index < -0.39 is 20.0 Å². The molecule has 4 rings (SSSR count). The van der Waals surface area contributed by atoms with Crippen LogP contribution in [0, 0.1) is 5.92 Å². The van der Waals surface area contributed by atoms with E-state index >= 15 is 0 Å². The van der Waals surface area contributed by atoms with Crippen molar-refractivity contribution in [2.75, 3.05) is 31.0 Å². The lowest BCUT2D eigenvalue weighted by Crippen LogP contribution is -2.45. The molecule has 2 aromatic rings. The normalized spacial score (nSPS) is 26.1. The first-order chi connectivity index (χ1) is 16.0. The van der Waals surface area contributed by atoms with E-state index in [1.807, 2.05) is 20.0 Å². The zero-order valence-corrected chi connectivity index (χ0v) is 21.2. The summed E-state index contributed by atoms with van der Waals surface area (Å²) in [5.41, 5.74) is 0.887. The maximum absolute atomic E-state index is 13.6. The standard InChI is InChI=1S/C25H32N2O6Si/c1-15-22(34(4,5)31)21(12-13-28)33-25(15)19-14-17(8-11-20(19)27(2)24(25)30)26-23(29)16-6-9-18(32-3)10-7-16/h6-11,14-15,21-22,28,31H,12-13H2,1-5H3,(H,26,29)/t15-,21+,22-,25+/m0/s1. The summed E-state index contributed by atoms with van der Waals surface area (Å²) in [5, 5.41) is 12.5. The Hall–Kier alpha value is -2.72. The van der Waals surface area contributed by atoms with Crippen LogP contribution in [0.5, 0.6) is 5.75 Å². The van der Waals surface area contributed by atoms with E-state index in [1.54, 1.807) is 61.5 Å². The third-order valence-electron chi connectivity index (χ3n) is 7.14. The predicted octanol–water partition coefficient (Wildman–Crippen LogP) is 3.10. The average molecular weight is 485 g/mol. The SMILES string of the molecule is COc1ccc(C(=O)Nc2ccc3c(c2)[C@@]2(O[C@H](CCO)[C@@H]([Si](C)(C)O)[C@@H]2C)C(=O)N3C)cc1. The van der Waals surface area contributed by atoms with Gasteiger partial charge in [-0.05, 0) is 62.0 Å². The predicted molar refractivity (Wildman–Crippen MR) is 132 cm³/mol. The fraction of sp³-hybridized carbons (Fsp3) is 0.440. The molecule has 2 aliphatic heterocycles. The van der Waals surface area contributed by atoms with Crippen molar-refractivity contribution in [3.8, 4) is 5.75 Å². The molecule has 0 radical (unpaired) electrons. The first-order valence-corrected chi connectivity index (χ1v) is 14.5. The Balaban J connectivity index is 1.71. The average Bonchev–Trinajstić information content (AvgIpc) is 3.21. The number of likely N-dealkylation sites (N-methyl/N-ethyl adjacent to an activating group) is 1. The van der Waals surface area contributed by atoms with E-state index in [2.05, 4.69) is 5.32 Å². The highest BCUT2D eigenvalue weighted by molar-refractivity contribution is 6.71. The number of aliphatic hydroxyl groups is 1. The van der Waals surface area contributed by atoms with Crippen LogP contribution in [0.15, 0.2) is 42.5 Å². The lowest BCUT2D eigenvalue weighted by atomic mass is 9.82. The number of methoxy groups -OCH3 is 1.